The summed E-state index contributed by atoms with van der Waals surface area (Å²) >= 11 is 1.72. The highest BCUT2D eigenvalue weighted by Gasteiger charge is 2.29. The first kappa shape index (κ1) is 19.0. The summed E-state index contributed by atoms with van der Waals surface area (Å²) in [6.45, 7) is 7.21. The Morgan fingerprint density at radius 1 is 1.04 bits per heavy atom. The molecule has 5 nitrogen and oxygen atoms in total. The maximum Gasteiger partial charge on any atom is 0.247 e. The molecule has 0 radical (unpaired) electrons. The molecule has 0 atom stereocenters. The van der Waals surface area contributed by atoms with E-state index in [0.717, 1.165) is 62.4 Å². The molecule has 1 aromatic rings. The molecule has 1 N–H and O–H groups in total. The lowest BCUT2D eigenvalue weighted by Gasteiger charge is -2.35. The highest BCUT2D eigenvalue weighted by atomic mass is 32.2. The van der Waals surface area contributed by atoms with E-state index in [0.29, 0.717) is 5.91 Å². The minimum Gasteiger partial charge on any atom is -0.342 e. The van der Waals surface area contributed by atoms with Gasteiger partial charge >= 0.3 is 0 Å². The van der Waals surface area contributed by atoms with Gasteiger partial charge in [0, 0.05) is 42.7 Å². The van der Waals surface area contributed by atoms with Crippen LogP contribution < -0.4 is 5.32 Å². The van der Waals surface area contributed by atoms with E-state index >= 15 is 0 Å². The van der Waals surface area contributed by atoms with Crippen molar-refractivity contribution in [2.24, 2.45) is 5.92 Å². The quantitative estimate of drug-likeness (QED) is 0.634. The van der Waals surface area contributed by atoms with Crippen LogP contribution >= 0.6 is 11.9 Å². The number of carbonyl (C=O) groups excluding carboxylic acids is 2. The lowest BCUT2D eigenvalue weighted by atomic mass is 9.95. The Hall–Kier alpha value is -1.79. The van der Waals surface area contributed by atoms with Gasteiger partial charge in [0.1, 0.15) is 0 Å². The molecule has 6 heteroatoms. The van der Waals surface area contributed by atoms with E-state index in [1.165, 1.54) is 12.5 Å². The molecule has 2 saturated heterocycles. The molecule has 2 aliphatic heterocycles. The number of piperidine rings is 2. The van der Waals surface area contributed by atoms with Gasteiger partial charge in [-0.05, 0) is 74.4 Å². The minimum atomic E-state index is -0.203. The molecule has 2 amide bonds. The number of anilines is 1. The third kappa shape index (κ3) is 5.11. The second-order valence-electron chi connectivity index (χ2n) is 6.90. The zero-order valence-corrected chi connectivity index (χ0v) is 16.0. The summed E-state index contributed by atoms with van der Waals surface area (Å²) in [5.74, 6) is 0.365. The molecule has 0 unspecified atom stereocenters. The number of benzene rings is 1. The van der Waals surface area contributed by atoms with Crippen molar-refractivity contribution in [3.05, 3.63) is 36.9 Å². The van der Waals surface area contributed by atoms with E-state index in [1.807, 2.05) is 24.3 Å². The van der Waals surface area contributed by atoms with Gasteiger partial charge in [-0.2, -0.15) is 0 Å². The summed E-state index contributed by atoms with van der Waals surface area (Å²) in [4.78, 5) is 27.2. The van der Waals surface area contributed by atoms with Crippen molar-refractivity contribution in [1.82, 2.24) is 9.21 Å². The SMILES string of the molecule is C=CC(=O)Nc1ccc(SN2CCC(C(=O)N3CCCCC3)CC2)cc1. The number of rotatable bonds is 5. The van der Waals surface area contributed by atoms with Gasteiger partial charge in [0.2, 0.25) is 11.8 Å². The van der Waals surface area contributed by atoms with Gasteiger partial charge in [-0.1, -0.05) is 6.58 Å². The molecule has 1 aromatic carbocycles. The van der Waals surface area contributed by atoms with Crippen LogP contribution in [0.15, 0.2) is 41.8 Å². The molecule has 3 rings (SSSR count). The van der Waals surface area contributed by atoms with Crippen LogP contribution in [0.5, 0.6) is 0 Å². The third-order valence-corrected chi connectivity index (χ3v) is 6.12. The number of hydrogen-bond acceptors (Lipinski definition) is 4. The minimum absolute atomic E-state index is 0.196. The molecule has 2 fully saturated rings. The fourth-order valence-corrected chi connectivity index (χ4v) is 4.46. The van der Waals surface area contributed by atoms with Crippen molar-refractivity contribution in [2.75, 3.05) is 31.5 Å². The predicted molar refractivity (Wildman–Crippen MR) is 106 cm³/mol. The Morgan fingerprint density at radius 2 is 1.69 bits per heavy atom. The highest BCUT2D eigenvalue weighted by molar-refractivity contribution is 7.97. The Kier molecular flexibility index (Phi) is 6.74. The Balaban J connectivity index is 1.45. The number of hydrogen-bond donors (Lipinski definition) is 1. The first-order valence-electron chi connectivity index (χ1n) is 9.41. The largest absolute Gasteiger partial charge is 0.342 e. The van der Waals surface area contributed by atoms with Crippen molar-refractivity contribution >= 4 is 29.4 Å². The second kappa shape index (κ2) is 9.24. The molecule has 0 aromatic heterocycles. The summed E-state index contributed by atoms with van der Waals surface area (Å²) in [5.41, 5.74) is 0.769. The van der Waals surface area contributed by atoms with Gasteiger partial charge < -0.3 is 10.2 Å². The summed E-state index contributed by atoms with van der Waals surface area (Å²) in [7, 11) is 0. The van der Waals surface area contributed by atoms with E-state index in [-0.39, 0.29) is 11.8 Å². The number of nitrogens with zero attached hydrogens (tertiary/aromatic N) is 2. The Labute approximate surface area is 159 Å². The number of likely N-dealkylation sites (tertiary alicyclic amines) is 1. The topological polar surface area (TPSA) is 52.7 Å². The van der Waals surface area contributed by atoms with Crippen LogP contribution in [-0.4, -0.2) is 47.2 Å². The Bertz CT molecular complexity index is 633. The maximum absolute atomic E-state index is 12.6. The van der Waals surface area contributed by atoms with Crippen molar-refractivity contribution < 1.29 is 9.59 Å². The lowest BCUT2D eigenvalue weighted by Crippen LogP contribution is -2.43. The van der Waals surface area contributed by atoms with Crippen LogP contribution in [-0.2, 0) is 9.59 Å². The van der Waals surface area contributed by atoms with Crippen molar-refractivity contribution in [2.45, 2.75) is 37.0 Å². The molecular formula is C20H27N3O2S. The van der Waals surface area contributed by atoms with Gasteiger partial charge in [0.15, 0.2) is 0 Å². The molecule has 0 saturated carbocycles. The molecule has 2 aliphatic rings. The van der Waals surface area contributed by atoms with Crippen molar-refractivity contribution in [1.29, 1.82) is 0 Å². The zero-order chi connectivity index (χ0) is 18.4. The molecule has 140 valence electrons. The zero-order valence-electron chi connectivity index (χ0n) is 15.2. The van der Waals surface area contributed by atoms with Crippen LogP contribution in [0.2, 0.25) is 0 Å². The van der Waals surface area contributed by atoms with Crippen LogP contribution in [0.25, 0.3) is 0 Å². The van der Waals surface area contributed by atoms with E-state index in [9.17, 15) is 9.59 Å². The molecule has 0 spiro atoms. The van der Waals surface area contributed by atoms with Gasteiger partial charge in [0.25, 0.3) is 0 Å². The molecular weight excluding hydrogens is 346 g/mol. The summed E-state index contributed by atoms with van der Waals surface area (Å²) in [5, 5.41) is 2.75. The van der Waals surface area contributed by atoms with Crippen molar-refractivity contribution in [3.8, 4) is 0 Å². The molecule has 0 bridgehead atoms. The van der Waals surface area contributed by atoms with Crippen molar-refractivity contribution in [3.63, 3.8) is 0 Å². The molecule has 0 aliphatic carbocycles. The van der Waals surface area contributed by atoms with Crippen LogP contribution in [0, 0.1) is 5.92 Å². The van der Waals surface area contributed by atoms with Crippen LogP contribution in [0.1, 0.15) is 32.1 Å². The normalized spacial score (nSPS) is 19.2. The molecule has 26 heavy (non-hydrogen) atoms. The van der Waals surface area contributed by atoms with Crippen LogP contribution in [0.3, 0.4) is 0 Å². The van der Waals surface area contributed by atoms with Gasteiger partial charge in [-0.25, -0.2) is 4.31 Å². The van der Waals surface area contributed by atoms with E-state index in [2.05, 4.69) is 21.1 Å². The summed E-state index contributed by atoms with van der Waals surface area (Å²) < 4.78 is 2.33. The van der Waals surface area contributed by atoms with Gasteiger partial charge in [-0.3, -0.25) is 9.59 Å². The first-order valence-corrected chi connectivity index (χ1v) is 10.2. The fraction of sp³-hybridized carbons (Fsp3) is 0.500. The Morgan fingerprint density at radius 3 is 2.31 bits per heavy atom. The summed E-state index contributed by atoms with van der Waals surface area (Å²) in [6.07, 6.45) is 6.71. The number of amides is 2. The second-order valence-corrected chi connectivity index (χ2v) is 8.07. The lowest BCUT2D eigenvalue weighted by molar-refractivity contribution is -0.137. The smallest absolute Gasteiger partial charge is 0.247 e. The monoisotopic (exact) mass is 373 g/mol. The standard InChI is InChI=1S/C20H27N3O2S/c1-2-19(24)21-17-6-8-18(9-7-17)26-23-14-10-16(11-15-23)20(25)22-12-4-3-5-13-22/h2,6-9,16H,1,3-5,10-15H2,(H,21,24). The average Bonchev–Trinajstić information content (AvgIpc) is 2.70. The van der Waals surface area contributed by atoms with Gasteiger partial charge in [-0.15, -0.1) is 0 Å². The van der Waals surface area contributed by atoms with E-state index < -0.39 is 0 Å². The highest BCUT2D eigenvalue weighted by Crippen LogP contribution is 2.30. The number of carbonyl (C=O) groups is 2. The maximum atomic E-state index is 12.6. The fourth-order valence-electron chi connectivity index (χ4n) is 3.51. The van der Waals surface area contributed by atoms with Gasteiger partial charge in [0.05, 0.1) is 0 Å². The van der Waals surface area contributed by atoms with E-state index in [1.54, 1.807) is 11.9 Å². The summed E-state index contributed by atoms with van der Waals surface area (Å²) in [6, 6.07) is 7.81. The first-order chi connectivity index (χ1) is 12.7. The molecule has 2 heterocycles. The van der Waals surface area contributed by atoms with E-state index in [4.69, 9.17) is 0 Å². The van der Waals surface area contributed by atoms with Crippen LogP contribution in [0.4, 0.5) is 5.69 Å². The average molecular weight is 374 g/mol. The predicted octanol–water partition coefficient (Wildman–Crippen LogP) is 3.54. The third-order valence-electron chi connectivity index (χ3n) is 5.01. The number of nitrogens with one attached hydrogen (secondary N) is 1.